The van der Waals surface area contributed by atoms with E-state index >= 15 is 0 Å². The van der Waals surface area contributed by atoms with Gasteiger partial charge in [-0.3, -0.25) is 14.4 Å². The molecule has 0 aliphatic carbocycles. The van der Waals surface area contributed by atoms with Gasteiger partial charge in [-0.1, -0.05) is 11.6 Å². The lowest BCUT2D eigenvalue weighted by atomic mass is 10.2. The Morgan fingerprint density at radius 3 is 2.32 bits per heavy atom. The summed E-state index contributed by atoms with van der Waals surface area (Å²) in [6.45, 7) is 2.10. The first-order valence-corrected chi connectivity index (χ1v) is 7.89. The van der Waals surface area contributed by atoms with Gasteiger partial charge < -0.3 is 16.0 Å². The number of anilines is 1. The quantitative estimate of drug-likeness (QED) is 0.540. The second kappa shape index (κ2) is 8.79. The summed E-state index contributed by atoms with van der Waals surface area (Å²) in [5.41, 5.74) is 1.24. The number of nitrogens with zero attached hydrogens (tertiary/aromatic N) is 1. The smallest absolute Gasteiger partial charge is 0.258 e. The summed E-state index contributed by atoms with van der Waals surface area (Å²) in [5, 5.41) is 8.08. The number of carbonyl (C=O) groups is 3. The van der Waals surface area contributed by atoms with E-state index in [1.807, 2.05) is 0 Å². The zero-order valence-corrected chi connectivity index (χ0v) is 14.3. The van der Waals surface area contributed by atoms with Crippen LogP contribution in [0.1, 0.15) is 27.6 Å². The van der Waals surface area contributed by atoms with Crippen LogP contribution in [0.15, 0.2) is 42.6 Å². The molecule has 0 saturated heterocycles. The molecule has 0 spiro atoms. The Bertz CT molecular complexity index is 778. The largest absolute Gasteiger partial charge is 0.355 e. The summed E-state index contributed by atoms with van der Waals surface area (Å²) >= 11 is 5.88. The fourth-order valence-corrected chi connectivity index (χ4v) is 2.18. The number of carbonyl (C=O) groups excluding carboxylic acids is 3. The van der Waals surface area contributed by atoms with Crippen molar-refractivity contribution in [3.8, 4) is 0 Å². The third kappa shape index (κ3) is 5.58. The van der Waals surface area contributed by atoms with Crippen molar-refractivity contribution in [1.29, 1.82) is 0 Å². The van der Waals surface area contributed by atoms with Crippen molar-refractivity contribution in [2.75, 3.05) is 18.4 Å². The average Bonchev–Trinajstić information content (AvgIpc) is 2.59. The van der Waals surface area contributed by atoms with E-state index in [-0.39, 0.29) is 28.4 Å². The third-order valence-corrected chi connectivity index (χ3v) is 3.49. The molecule has 1 aromatic carbocycles. The van der Waals surface area contributed by atoms with Gasteiger partial charge in [0, 0.05) is 37.5 Å². The van der Waals surface area contributed by atoms with Gasteiger partial charge in [-0.25, -0.2) is 4.98 Å². The minimum Gasteiger partial charge on any atom is -0.355 e. The molecule has 8 heteroatoms. The molecule has 130 valence electrons. The Hall–Kier alpha value is -2.93. The first-order valence-electron chi connectivity index (χ1n) is 7.52. The Kier molecular flexibility index (Phi) is 6.47. The predicted octanol–water partition coefficient (Wildman–Crippen LogP) is 1.85. The number of nitrogens with one attached hydrogen (secondary N) is 3. The van der Waals surface area contributed by atoms with E-state index in [0.717, 1.165) is 0 Å². The van der Waals surface area contributed by atoms with E-state index in [4.69, 9.17) is 11.6 Å². The van der Waals surface area contributed by atoms with Crippen molar-refractivity contribution < 1.29 is 14.4 Å². The zero-order chi connectivity index (χ0) is 18.2. The molecule has 2 rings (SSSR count). The molecule has 0 unspecified atom stereocenters. The van der Waals surface area contributed by atoms with Crippen LogP contribution in [0.25, 0.3) is 0 Å². The van der Waals surface area contributed by atoms with Crippen LogP contribution < -0.4 is 16.0 Å². The van der Waals surface area contributed by atoms with Crippen LogP contribution in [0.4, 0.5) is 5.69 Å². The summed E-state index contributed by atoms with van der Waals surface area (Å²) in [7, 11) is 0. The maximum Gasteiger partial charge on any atom is 0.258 e. The van der Waals surface area contributed by atoms with Gasteiger partial charge in [-0.05, 0) is 36.4 Å². The molecule has 7 nitrogen and oxygen atoms in total. The Morgan fingerprint density at radius 2 is 1.68 bits per heavy atom. The fourth-order valence-electron chi connectivity index (χ4n) is 1.98. The Morgan fingerprint density at radius 1 is 1.00 bits per heavy atom. The van der Waals surface area contributed by atoms with Crippen molar-refractivity contribution in [1.82, 2.24) is 15.6 Å². The number of rotatable bonds is 6. The van der Waals surface area contributed by atoms with E-state index in [1.165, 1.54) is 13.1 Å². The molecule has 1 heterocycles. The maximum atomic E-state index is 12.1. The number of benzene rings is 1. The predicted molar refractivity (Wildman–Crippen MR) is 94.7 cm³/mol. The molecule has 0 atom stereocenters. The van der Waals surface area contributed by atoms with Gasteiger partial charge in [0.2, 0.25) is 5.91 Å². The molecule has 0 saturated carbocycles. The number of amides is 3. The minimum absolute atomic E-state index is 0.121. The lowest BCUT2D eigenvalue weighted by Crippen LogP contribution is -2.33. The Labute approximate surface area is 149 Å². The first-order chi connectivity index (χ1) is 12.0. The minimum atomic E-state index is -0.384. The number of hydrogen-bond donors (Lipinski definition) is 3. The van der Waals surface area contributed by atoms with Gasteiger partial charge in [0.25, 0.3) is 11.8 Å². The van der Waals surface area contributed by atoms with Crippen molar-refractivity contribution in [3.63, 3.8) is 0 Å². The lowest BCUT2D eigenvalue weighted by molar-refractivity contribution is -0.118. The summed E-state index contributed by atoms with van der Waals surface area (Å²) < 4.78 is 0. The van der Waals surface area contributed by atoms with Crippen LogP contribution in [0, 0.1) is 0 Å². The van der Waals surface area contributed by atoms with E-state index in [2.05, 4.69) is 20.9 Å². The molecule has 3 N–H and O–H groups in total. The zero-order valence-electron chi connectivity index (χ0n) is 13.5. The molecule has 0 aliphatic heterocycles. The molecule has 3 amide bonds. The van der Waals surface area contributed by atoms with Gasteiger partial charge in [0.15, 0.2) is 0 Å². The van der Waals surface area contributed by atoms with Crippen LogP contribution in [-0.4, -0.2) is 35.8 Å². The van der Waals surface area contributed by atoms with Crippen LogP contribution in [0.3, 0.4) is 0 Å². The standard InChI is InChI=1S/C17H17ClN4O3/c1-11(23)19-9-10-21-16(24)12-4-6-13(7-5-12)22-17(25)14-3-2-8-20-15(14)18/h2-8H,9-10H2,1H3,(H,19,23)(H,21,24)(H,22,25). The number of halogens is 1. The summed E-state index contributed by atoms with van der Waals surface area (Å²) in [4.78, 5) is 38.7. The van der Waals surface area contributed by atoms with Crippen molar-refractivity contribution in [3.05, 3.63) is 58.9 Å². The van der Waals surface area contributed by atoms with E-state index in [1.54, 1.807) is 36.4 Å². The van der Waals surface area contributed by atoms with Crippen LogP contribution in [-0.2, 0) is 4.79 Å². The van der Waals surface area contributed by atoms with Crippen LogP contribution >= 0.6 is 11.6 Å². The normalized spacial score (nSPS) is 10.0. The van der Waals surface area contributed by atoms with E-state index in [0.29, 0.717) is 24.3 Å². The fraction of sp³-hybridized carbons (Fsp3) is 0.176. The number of aromatic nitrogens is 1. The van der Waals surface area contributed by atoms with Gasteiger partial charge >= 0.3 is 0 Å². The summed E-state index contributed by atoms with van der Waals surface area (Å²) in [6, 6.07) is 9.61. The van der Waals surface area contributed by atoms with Gasteiger partial charge in [-0.2, -0.15) is 0 Å². The second-order valence-corrected chi connectivity index (χ2v) is 5.47. The molecule has 0 fully saturated rings. The SMILES string of the molecule is CC(=O)NCCNC(=O)c1ccc(NC(=O)c2cccnc2Cl)cc1. The lowest BCUT2D eigenvalue weighted by Gasteiger charge is -2.08. The molecule has 0 radical (unpaired) electrons. The highest BCUT2D eigenvalue weighted by Crippen LogP contribution is 2.15. The van der Waals surface area contributed by atoms with Gasteiger partial charge in [0.1, 0.15) is 5.15 Å². The molecule has 2 aromatic rings. The molecule has 25 heavy (non-hydrogen) atoms. The molecular formula is C17H17ClN4O3. The molecule has 0 aliphatic rings. The topological polar surface area (TPSA) is 100 Å². The van der Waals surface area contributed by atoms with Crippen molar-refractivity contribution >= 4 is 35.0 Å². The van der Waals surface area contributed by atoms with Gasteiger partial charge in [-0.15, -0.1) is 0 Å². The molecule has 0 bridgehead atoms. The van der Waals surface area contributed by atoms with Gasteiger partial charge in [0.05, 0.1) is 5.56 Å². The average molecular weight is 361 g/mol. The number of hydrogen-bond acceptors (Lipinski definition) is 4. The molecular weight excluding hydrogens is 344 g/mol. The molecule has 1 aromatic heterocycles. The first kappa shape index (κ1) is 18.4. The monoisotopic (exact) mass is 360 g/mol. The highest BCUT2D eigenvalue weighted by Gasteiger charge is 2.11. The van der Waals surface area contributed by atoms with Crippen LogP contribution in [0.5, 0.6) is 0 Å². The highest BCUT2D eigenvalue weighted by molar-refractivity contribution is 6.33. The van der Waals surface area contributed by atoms with E-state index < -0.39 is 0 Å². The summed E-state index contributed by atoms with van der Waals surface area (Å²) in [5.74, 6) is -0.799. The Balaban J connectivity index is 1.91. The highest BCUT2D eigenvalue weighted by atomic mass is 35.5. The van der Waals surface area contributed by atoms with Crippen LogP contribution in [0.2, 0.25) is 5.15 Å². The van der Waals surface area contributed by atoms with Crippen molar-refractivity contribution in [2.24, 2.45) is 0 Å². The van der Waals surface area contributed by atoms with E-state index in [9.17, 15) is 14.4 Å². The summed E-state index contributed by atoms with van der Waals surface area (Å²) in [6.07, 6.45) is 1.50. The maximum absolute atomic E-state index is 12.1. The second-order valence-electron chi connectivity index (χ2n) is 5.11. The van der Waals surface area contributed by atoms with Crippen molar-refractivity contribution in [2.45, 2.75) is 6.92 Å². The number of pyridine rings is 1. The third-order valence-electron chi connectivity index (χ3n) is 3.19.